The lowest BCUT2D eigenvalue weighted by molar-refractivity contribution is -0.124. The largest absolute Gasteiger partial charge is 0.384 e. The van der Waals surface area contributed by atoms with Gasteiger partial charge in [-0.2, -0.15) is 0 Å². The number of nitrogens with one attached hydrogen (secondary N) is 2. The van der Waals surface area contributed by atoms with Crippen LogP contribution in [0.15, 0.2) is 30.5 Å². The van der Waals surface area contributed by atoms with Gasteiger partial charge in [0.2, 0.25) is 5.91 Å². The fourth-order valence-corrected chi connectivity index (χ4v) is 3.46. The summed E-state index contributed by atoms with van der Waals surface area (Å²) in [6.07, 6.45) is 8.32. The number of halogens is 1. The van der Waals surface area contributed by atoms with Gasteiger partial charge in [0.05, 0.1) is 5.52 Å². The summed E-state index contributed by atoms with van der Waals surface area (Å²) in [5.41, 5.74) is 1.97. The Morgan fingerprint density at radius 1 is 1.17 bits per heavy atom. The highest BCUT2D eigenvalue weighted by Crippen LogP contribution is 2.25. The number of hydrogen-bond donors (Lipinski definition) is 2. The summed E-state index contributed by atoms with van der Waals surface area (Å²) >= 11 is 6.01. The predicted molar refractivity (Wildman–Crippen MR) is 99.4 cm³/mol. The molecule has 1 fully saturated rings. The summed E-state index contributed by atoms with van der Waals surface area (Å²) in [6, 6.07) is 7.74. The standard InChI is InChI=1S/C19H24ClN3O/c20-15-7-8-16-17(9-12-22-18(16)13-15)21-10-3-4-11-23-19(24)14-5-1-2-6-14/h7-9,12-14H,1-6,10-11H2,(H,21,22)(H,23,24). The summed E-state index contributed by atoms with van der Waals surface area (Å²) in [6.45, 7) is 1.64. The number of pyridine rings is 1. The first-order valence-electron chi connectivity index (χ1n) is 8.80. The number of fused-ring (bicyclic) bond motifs is 1. The van der Waals surface area contributed by atoms with Crippen LogP contribution in [0.1, 0.15) is 38.5 Å². The first kappa shape index (κ1) is 17.0. The highest BCUT2D eigenvalue weighted by molar-refractivity contribution is 6.31. The van der Waals surface area contributed by atoms with E-state index >= 15 is 0 Å². The molecular formula is C19H24ClN3O. The van der Waals surface area contributed by atoms with Crippen molar-refractivity contribution in [1.82, 2.24) is 10.3 Å². The third-order valence-corrected chi connectivity index (χ3v) is 4.88. The molecule has 1 amide bonds. The Labute approximate surface area is 148 Å². The normalized spacial score (nSPS) is 14.9. The van der Waals surface area contributed by atoms with Crippen LogP contribution in [0.5, 0.6) is 0 Å². The maximum atomic E-state index is 11.9. The second kappa shape index (κ2) is 8.34. The van der Waals surface area contributed by atoms with Gasteiger partial charge in [-0.1, -0.05) is 24.4 Å². The molecule has 0 spiro atoms. The molecule has 4 nitrogen and oxygen atoms in total. The Kier molecular flexibility index (Phi) is 5.91. The number of nitrogens with zero attached hydrogens (tertiary/aromatic N) is 1. The van der Waals surface area contributed by atoms with E-state index in [1.54, 1.807) is 6.20 Å². The minimum Gasteiger partial charge on any atom is -0.384 e. The number of anilines is 1. The first-order chi connectivity index (χ1) is 11.7. The van der Waals surface area contributed by atoms with Crippen molar-refractivity contribution in [3.05, 3.63) is 35.5 Å². The minimum absolute atomic E-state index is 0.248. The number of amides is 1. The molecule has 1 aromatic heterocycles. The summed E-state index contributed by atoms with van der Waals surface area (Å²) < 4.78 is 0. The van der Waals surface area contributed by atoms with Crippen molar-refractivity contribution in [2.75, 3.05) is 18.4 Å². The fraction of sp³-hybridized carbons (Fsp3) is 0.474. The fourth-order valence-electron chi connectivity index (χ4n) is 3.29. The molecule has 0 unspecified atom stereocenters. The molecule has 0 saturated heterocycles. The average Bonchev–Trinajstić information content (AvgIpc) is 3.12. The second-order valence-corrected chi connectivity index (χ2v) is 6.86. The third kappa shape index (κ3) is 4.38. The van der Waals surface area contributed by atoms with Crippen LogP contribution in [0.3, 0.4) is 0 Å². The number of carbonyl (C=O) groups excluding carboxylic acids is 1. The van der Waals surface area contributed by atoms with Crippen LogP contribution in [0.4, 0.5) is 5.69 Å². The van der Waals surface area contributed by atoms with Gasteiger partial charge in [-0.25, -0.2) is 0 Å². The van der Waals surface area contributed by atoms with Crippen LogP contribution in [0, 0.1) is 5.92 Å². The van der Waals surface area contributed by atoms with Gasteiger partial charge < -0.3 is 10.6 Å². The minimum atomic E-state index is 0.248. The quantitative estimate of drug-likeness (QED) is 0.732. The number of hydrogen-bond acceptors (Lipinski definition) is 3. The van der Waals surface area contributed by atoms with E-state index < -0.39 is 0 Å². The van der Waals surface area contributed by atoms with E-state index in [1.807, 2.05) is 24.3 Å². The van der Waals surface area contributed by atoms with Crippen molar-refractivity contribution in [2.24, 2.45) is 5.92 Å². The highest BCUT2D eigenvalue weighted by Gasteiger charge is 2.21. The van der Waals surface area contributed by atoms with Crippen LogP contribution in [0.2, 0.25) is 5.02 Å². The molecule has 0 atom stereocenters. The van der Waals surface area contributed by atoms with Crippen LogP contribution in [-0.2, 0) is 4.79 Å². The molecule has 1 aliphatic carbocycles. The van der Waals surface area contributed by atoms with Crippen LogP contribution >= 0.6 is 11.6 Å². The molecule has 2 aromatic rings. The van der Waals surface area contributed by atoms with Crippen molar-refractivity contribution < 1.29 is 4.79 Å². The molecule has 0 aliphatic heterocycles. The second-order valence-electron chi connectivity index (χ2n) is 6.43. The van der Waals surface area contributed by atoms with Gasteiger partial charge in [-0.05, 0) is 49.9 Å². The average molecular weight is 346 g/mol. The Morgan fingerprint density at radius 2 is 1.96 bits per heavy atom. The van der Waals surface area contributed by atoms with E-state index in [4.69, 9.17) is 11.6 Å². The van der Waals surface area contributed by atoms with E-state index in [9.17, 15) is 4.79 Å². The zero-order valence-electron chi connectivity index (χ0n) is 13.9. The Bertz CT molecular complexity index is 698. The van der Waals surface area contributed by atoms with Gasteiger partial charge in [-0.3, -0.25) is 9.78 Å². The van der Waals surface area contributed by atoms with E-state index in [2.05, 4.69) is 15.6 Å². The van der Waals surface area contributed by atoms with Crippen LogP contribution in [0.25, 0.3) is 10.9 Å². The summed E-state index contributed by atoms with van der Waals surface area (Å²) in [5, 5.41) is 8.30. The number of benzene rings is 1. The molecule has 1 heterocycles. The van der Waals surface area contributed by atoms with E-state index in [-0.39, 0.29) is 11.8 Å². The van der Waals surface area contributed by atoms with Crippen molar-refractivity contribution in [3.63, 3.8) is 0 Å². The lowest BCUT2D eigenvalue weighted by Gasteiger charge is -2.11. The van der Waals surface area contributed by atoms with Gasteiger partial charge in [0.25, 0.3) is 0 Å². The monoisotopic (exact) mass is 345 g/mol. The molecule has 1 aromatic carbocycles. The van der Waals surface area contributed by atoms with Crippen molar-refractivity contribution in [1.29, 1.82) is 0 Å². The van der Waals surface area contributed by atoms with Crippen LogP contribution < -0.4 is 10.6 Å². The maximum Gasteiger partial charge on any atom is 0.223 e. The highest BCUT2D eigenvalue weighted by atomic mass is 35.5. The van der Waals surface area contributed by atoms with Crippen molar-refractivity contribution in [2.45, 2.75) is 38.5 Å². The van der Waals surface area contributed by atoms with Gasteiger partial charge in [0.1, 0.15) is 0 Å². The zero-order valence-corrected chi connectivity index (χ0v) is 14.6. The van der Waals surface area contributed by atoms with Gasteiger partial charge in [0, 0.05) is 41.3 Å². The number of unbranched alkanes of at least 4 members (excludes halogenated alkanes) is 1. The number of carbonyl (C=O) groups is 1. The molecule has 0 bridgehead atoms. The van der Waals surface area contributed by atoms with Gasteiger partial charge in [0.15, 0.2) is 0 Å². The van der Waals surface area contributed by atoms with E-state index in [0.29, 0.717) is 5.02 Å². The lowest BCUT2D eigenvalue weighted by atomic mass is 10.1. The molecule has 0 radical (unpaired) electrons. The van der Waals surface area contributed by atoms with Gasteiger partial charge in [-0.15, -0.1) is 0 Å². The topological polar surface area (TPSA) is 54.0 Å². The van der Waals surface area contributed by atoms with Crippen molar-refractivity contribution >= 4 is 34.1 Å². The Hall–Kier alpha value is -1.81. The predicted octanol–water partition coefficient (Wildman–Crippen LogP) is 4.39. The molecule has 3 rings (SSSR count). The number of rotatable bonds is 7. The van der Waals surface area contributed by atoms with E-state index in [0.717, 1.165) is 55.4 Å². The van der Waals surface area contributed by atoms with E-state index in [1.165, 1.54) is 12.8 Å². The SMILES string of the molecule is O=C(NCCCCNc1ccnc2cc(Cl)ccc12)C1CCCC1. The summed E-state index contributed by atoms with van der Waals surface area (Å²) in [7, 11) is 0. The van der Waals surface area contributed by atoms with Crippen LogP contribution in [-0.4, -0.2) is 24.0 Å². The molecule has 1 saturated carbocycles. The zero-order chi connectivity index (χ0) is 16.8. The molecule has 24 heavy (non-hydrogen) atoms. The molecular weight excluding hydrogens is 322 g/mol. The maximum absolute atomic E-state index is 11.9. The smallest absolute Gasteiger partial charge is 0.223 e. The van der Waals surface area contributed by atoms with Gasteiger partial charge >= 0.3 is 0 Å². The first-order valence-corrected chi connectivity index (χ1v) is 9.18. The lowest BCUT2D eigenvalue weighted by Crippen LogP contribution is -2.30. The Morgan fingerprint density at radius 3 is 2.79 bits per heavy atom. The summed E-state index contributed by atoms with van der Waals surface area (Å²) in [5.74, 6) is 0.510. The summed E-state index contributed by atoms with van der Waals surface area (Å²) in [4.78, 5) is 16.3. The molecule has 5 heteroatoms. The molecule has 1 aliphatic rings. The third-order valence-electron chi connectivity index (χ3n) is 4.65. The number of aromatic nitrogens is 1. The molecule has 128 valence electrons. The Balaban J connectivity index is 1.40. The molecule has 2 N–H and O–H groups in total. The van der Waals surface area contributed by atoms with Crippen molar-refractivity contribution in [3.8, 4) is 0 Å².